The van der Waals surface area contributed by atoms with Crippen LogP contribution < -0.4 is 4.90 Å². The van der Waals surface area contributed by atoms with Crippen molar-refractivity contribution in [1.82, 2.24) is 0 Å². The van der Waals surface area contributed by atoms with Crippen molar-refractivity contribution in [3.05, 3.63) is 28.8 Å². The van der Waals surface area contributed by atoms with Gasteiger partial charge in [0.1, 0.15) is 0 Å². The number of hydrogen-bond donors (Lipinski definition) is 1. The molecule has 2 rings (SSSR count). The van der Waals surface area contributed by atoms with Gasteiger partial charge in [-0.25, -0.2) is 4.79 Å². The van der Waals surface area contributed by atoms with Crippen molar-refractivity contribution in [2.24, 2.45) is 0 Å². The second-order valence-corrected chi connectivity index (χ2v) is 5.10. The molecule has 0 spiro atoms. The van der Waals surface area contributed by atoms with E-state index in [-0.39, 0.29) is 0 Å². The van der Waals surface area contributed by atoms with E-state index in [0.29, 0.717) is 16.3 Å². The van der Waals surface area contributed by atoms with E-state index in [9.17, 15) is 9.90 Å². The van der Waals surface area contributed by atoms with Gasteiger partial charge in [-0.05, 0) is 25.0 Å². The molecule has 3 nitrogen and oxygen atoms in total. The summed E-state index contributed by atoms with van der Waals surface area (Å²) in [6.07, 6.45) is 5.91. The first-order valence-corrected chi connectivity index (χ1v) is 6.84. The smallest absolute Gasteiger partial charge is 0.337 e. The lowest BCUT2D eigenvalue weighted by atomic mass is 10.1. The predicted octanol–water partition coefficient (Wildman–Crippen LogP) is 3.81. The number of carbonyl (C=O) groups is 1. The lowest BCUT2D eigenvalue weighted by Gasteiger charge is -2.28. The summed E-state index contributed by atoms with van der Waals surface area (Å²) in [6.45, 7) is 1.79. The van der Waals surface area contributed by atoms with Gasteiger partial charge < -0.3 is 10.0 Å². The molecule has 1 heterocycles. The number of benzene rings is 1. The van der Waals surface area contributed by atoms with Crippen molar-refractivity contribution in [2.45, 2.75) is 32.1 Å². The fraction of sp³-hybridized carbons (Fsp3) is 0.500. The number of nitrogens with zero attached hydrogens (tertiary/aromatic N) is 1. The summed E-state index contributed by atoms with van der Waals surface area (Å²) in [5.41, 5.74) is 0.997. The minimum Gasteiger partial charge on any atom is -0.478 e. The van der Waals surface area contributed by atoms with Gasteiger partial charge in [0.15, 0.2) is 0 Å². The monoisotopic (exact) mass is 267 g/mol. The zero-order valence-electron chi connectivity index (χ0n) is 10.4. The molecular weight excluding hydrogens is 250 g/mol. The second-order valence-electron chi connectivity index (χ2n) is 4.70. The number of carboxylic acid groups (broad SMARTS) is 1. The molecule has 0 atom stereocenters. The zero-order chi connectivity index (χ0) is 13.0. The predicted molar refractivity (Wildman–Crippen MR) is 73.7 cm³/mol. The average Bonchev–Trinajstić information content (AvgIpc) is 2.29. The Morgan fingerprint density at radius 2 is 1.72 bits per heavy atom. The molecule has 0 amide bonds. The lowest BCUT2D eigenvalue weighted by molar-refractivity contribution is 0.0697. The van der Waals surface area contributed by atoms with E-state index < -0.39 is 5.97 Å². The Morgan fingerprint density at radius 1 is 1.11 bits per heavy atom. The SMILES string of the molecule is O=C(O)c1cccc(Cl)c1N1CCCCCCC1. The van der Waals surface area contributed by atoms with Crippen LogP contribution in [0.2, 0.25) is 5.02 Å². The first kappa shape index (κ1) is 13.2. The van der Waals surface area contributed by atoms with E-state index in [1.807, 2.05) is 0 Å². The van der Waals surface area contributed by atoms with Gasteiger partial charge in [0.2, 0.25) is 0 Å². The molecule has 1 fully saturated rings. The molecule has 1 aromatic rings. The number of anilines is 1. The molecule has 1 aliphatic rings. The number of rotatable bonds is 2. The van der Waals surface area contributed by atoms with Gasteiger partial charge in [0.25, 0.3) is 0 Å². The number of para-hydroxylation sites is 1. The third kappa shape index (κ3) is 2.96. The van der Waals surface area contributed by atoms with Crippen molar-refractivity contribution in [2.75, 3.05) is 18.0 Å². The minimum absolute atomic E-state index is 0.308. The van der Waals surface area contributed by atoms with E-state index in [1.165, 1.54) is 19.3 Å². The quantitative estimate of drug-likeness (QED) is 0.886. The van der Waals surface area contributed by atoms with E-state index >= 15 is 0 Å². The lowest BCUT2D eigenvalue weighted by Crippen LogP contribution is -2.29. The Balaban J connectivity index is 2.32. The van der Waals surface area contributed by atoms with Crippen LogP contribution in [0.5, 0.6) is 0 Å². The number of halogens is 1. The molecule has 0 unspecified atom stereocenters. The van der Waals surface area contributed by atoms with Gasteiger partial charge in [-0.1, -0.05) is 36.9 Å². The van der Waals surface area contributed by atoms with Crippen molar-refractivity contribution < 1.29 is 9.90 Å². The normalized spacial score (nSPS) is 17.1. The van der Waals surface area contributed by atoms with Gasteiger partial charge in [0.05, 0.1) is 16.3 Å². The van der Waals surface area contributed by atoms with Gasteiger partial charge >= 0.3 is 5.97 Å². The first-order chi connectivity index (χ1) is 8.70. The van der Waals surface area contributed by atoms with Crippen LogP contribution in [0.15, 0.2) is 18.2 Å². The maximum atomic E-state index is 11.3. The van der Waals surface area contributed by atoms with Gasteiger partial charge in [0, 0.05) is 13.1 Å². The molecule has 98 valence electrons. The van der Waals surface area contributed by atoms with Crippen LogP contribution in [-0.2, 0) is 0 Å². The molecule has 18 heavy (non-hydrogen) atoms. The maximum absolute atomic E-state index is 11.3. The minimum atomic E-state index is -0.908. The van der Waals surface area contributed by atoms with E-state index in [0.717, 1.165) is 25.9 Å². The Bertz CT molecular complexity index is 426. The summed E-state index contributed by atoms with van der Waals surface area (Å²) in [6, 6.07) is 5.09. The summed E-state index contributed by atoms with van der Waals surface area (Å²) in [7, 11) is 0. The third-order valence-corrected chi connectivity index (χ3v) is 3.69. The number of hydrogen-bond acceptors (Lipinski definition) is 2. The Labute approximate surface area is 112 Å². The standard InChI is InChI=1S/C14H18ClNO2/c15-12-8-6-7-11(14(17)18)13(12)16-9-4-2-1-3-5-10-16/h6-8H,1-5,9-10H2,(H,17,18). The summed E-state index contributed by atoms with van der Waals surface area (Å²) < 4.78 is 0. The third-order valence-electron chi connectivity index (χ3n) is 3.39. The molecule has 1 N–H and O–H groups in total. The molecule has 0 saturated carbocycles. The fourth-order valence-electron chi connectivity index (χ4n) is 2.48. The van der Waals surface area contributed by atoms with Crippen molar-refractivity contribution >= 4 is 23.3 Å². The van der Waals surface area contributed by atoms with E-state index in [2.05, 4.69) is 4.90 Å². The summed E-state index contributed by atoms with van der Waals surface area (Å²) >= 11 is 6.20. The van der Waals surface area contributed by atoms with Crippen LogP contribution in [0.1, 0.15) is 42.5 Å². The van der Waals surface area contributed by atoms with Crippen LogP contribution in [0, 0.1) is 0 Å². The van der Waals surface area contributed by atoms with Crippen molar-refractivity contribution in [3.63, 3.8) is 0 Å². The average molecular weight is 268 g/mol. The summed E-state index contributed by atoms with van der Waals surface area (Å²) in [4.78, 5) is 13.4. The van der Waals surface area contributed by atoms with Crippen LogP contribution in [0.3, 0.4) is 0 Å². The zero-order valence-corrected chi connectivity index (χ0v) is 11.1. The Hall–Kier alpha value is -1.22. The van der Waals surface area contributed by atoms with Crippen LogP contribution >= 0.6 is 11.6 Å². The van der Waals surface area contributed by atoms with E-state index in [4.69, 9.17) is 11.6 Å². The van der Waals surface area contributed by atoms with Gasteiger partial charge in [-0.3, -0.25) is 0 Å². The van der Waals surface area contributed by atoms with Crippen LogP contribution in [-0.4, -0.2) is 24.2 Å². The summed E-state index contributed by atoms with van der Waals surface area (Å²) in [5.74, 6) is -0.908. The highest BCUT2D eigenvalue weighted by molar-refractivity contribution is 6.34. The largest absolute Gasteiger partial charge is 0.478 e. The molecule has 1 aliphatic heterocycles. The fourth-order valence-corrected chi connectivity index (χ4v) is 2.77. The molecule has 0 bridgehead atoms. The molecule has 4 heteroatoms. The van der Waals surface area contributed by atoms with Crippen molar-refractivity contribution in [3.8, 4) is 0 Å². The second kappa shape index (κ2) is 6.10. The number of aromatic carboxylic acids is 1. The van der Waals surface area contributed by atoms with Crippen molar-refractivity contribution in [1.29, 1.82) is 0 Å². The Morgan fingerprint density at radius 3 is 2.33 bits per heavy atom. The van der Waals surface area contributed by atoms with E-state index in [1.54, 1.807) is 18.2 Å². The van der Waals surface area contributed by atoms with Gasteiger partial charge in [-0.2, -0.15) is 0 Å². The van der Waals surface area contributed by atoms with Crippen LogP contribution in [0.25, 0.3) is 0 Å². The van der Waals surface area contributed by atoms with Gasteiger partial charge in [-0.15, -0.1) is 0 Å². The van der Waals surface area contributed by atoms with Crippen LogP contribution in [0.4, 0.5) is 5.69 Å². The Kier molecular flexibility index (Phi) is 4.48. The maximum Gasteiger partial charge on any atom is 0.337 e. The molecule has 0 aliphatic carbocycles. The highest BCUT2D eigenvalue weighted by Crippen LogP contribution is 2.31. The molecule has 0 radical (unpaired) electrons. The molecule has 1 aromatic carbocycles. The molecular formula is C14H18ClNO2. The highest BCUT2D eigenvalue weighted by atomic mass is 35.5. The summed E-state index contributed by atoms with van der Waals surface area (Å²) in [5, 5.41) is 9.80. The number of carboxylic acids is 1. The highest BCUT2D eigenvalue weighted by Gasteiger charge is 2.19. The molecule has 0 aromatic heterocycles. The topological polar surface area (TPSA) is 40.5 Å². The first-order valence-electron chi connectivity index (χ1n) is 6.47. The molecule has 1 saturated heterocycles.